The fourth-order valence-corrected chi connectivity index (χ4v) is 2.42. The molecule has 0 aliphatic carbocycles. The molecule has 1 N–H and O–H groups in total. The molecule has 1 fully saturated rings. The van der Waals surface area contributed by atoms with Gasteiger partial charge in [0.05, 0.1) is 6.20 Å². The lowest BCUT2D eigenvalue weighted by Gasteiger charge is -2.33. The molecule has 0 atom stereocenters. The van der Waals surface area contributed by atoms with Crippen LogP contribution in [0.2, 0.25) is 0 Å². The lowest BCUT2D eigenvalue weighted by molar-refractivity contribution is 0.0198. The number of nitrogens with zero attached hydrogens (tertiary/aromatic N) is 3. The average molecular weight is 306 g/mol. The molecule has 0 saturated carbocycles. The van der Waals surface area contributed by atoms with Gasteiger partial charge in [0.15, 0.2) is 0 Å². The Morgan fingerprint density at radius 3 is 2.73 bits per heavy atom. The van der Waals surface area contributed by atoms with Crippen molar-refractivity contribution in [3.05, 3.63) is 24.5 Å². The summed E-state index contributed by atoms with van der Waals surface area (Å²) in [6, 6.07) is 0.422. The molecule has 1 aliphatic rings. The molecule has 6 heteroatoms. The number of aromatic nitrogens is 2. The number of nitrogens with one attached hydrogen (secondary N) is 1. The van der Waals surface area contributed by atoms with Crippen LogP contribution in [0.5, 0.6) is 0 Å². The van der Waals surface area contributed by atoms with Crippen molar-refractivity contribution in [2.45, 2.75) is 51.8 Å². The van der Waals surface area contributed by atoms with Gasteiger partial charge in [-0.15, -0.1) is 0 Å². The predicted molar refractivity (Wildman–Crippen MR) is 86.3 cm³/mol. The van der Waals surface area contributed by atoms with E-state index in [1.54, 1.807) is 15.8 Å². The highest BCUT2D eigenvalue weighted by atomic mass is 16.6. The number of carbonyl (C=O) groups is 1. The summed E-state index contributed by atoms with van der Waals surface area (Å²) < 4.78 is 7.10. The molecule has 2 rings (SSSR count). The van der Waals surface area contributed by atoms with Crippen molar-refractivity contribution in [3.63, 3.8) is 0 Å². The molecule has 0 spiro atoms. The van der Waals surface area contributed by atoms with Crippen LogP contribution in [0.3, 0.4) is 0 Å². The zero-order valence-corrected chi connectivity index (χ0v) is 13.7. The van der Waals surface area contributed by atoms with Gasteiger partial charge >= 0.3 is 6.09 Å². The van der Waals surface area contributed by atoms with Crippen LogP contribution >= 0.6 is 0 Å². The molecule has 0 unspecified atom stereocenters. The summed E-state index contributed by atoms with van der Waals surface area (Å²) in [6.07, 6.45) is 7.13. The van der Waals surface area contributed by atoms with Gasteiger partial charge in [-0.05, 0) is 33.6 Å². The Morgan fingerprint density at radius 2 is 2.18 bits per heavy atom. The highest BCUT2D eigenvalue weighted by Gasteiger charge is 2.26. The van der Waals surface area contributed by atoms with Crippen LogP contribution < -0.4 is 5.32 Å². The van der Waals surface area contributed by atoms with Crippen LogP contribution in [-0.2, 0) is 11.3 Å². The lowest BCUT2D eigenvalue weighted by Crippen LogP contribution is -2.46. The van der Waals surface area contributed by atoms with E-state index in [1.165, 1.54) is 0 Å². The summed E-state index contributed by atoms with van der Waals surface area (Å²) in [5.41, 5.74) is 0.701. The molecule has 1 saturated heterocycles. The average Bonchev–Trinajstić information content (AvgIpc) is 2.92. The molecule has 6 nitrogen and oxygen atoms in total. The maximum atomic E-state index is 12.0. The number of likely N-dealkylation sites (tertiary alicyclic amines) is 1. The van der Waals surface area contributed by atoms with Gasteiger partial charge in [-0.25, -0.2) is 9.48 Å². The SMILES string of the molecule is C=Cn1cc(CNC2CCN(C(=O)OC(C)(C)C)CC2)cn1. The largest absolute Gasteiger partial charge is 0.444 e. The van der Waals surface area contributed by atoms with Crippen LogP contribution in [0.1, 0.15) is 39.2 Å². The number of amides is 1. The summed E-state index contributed by atoms with van der Waals surface area (Å²) in [4.78, 5) is 13.8. The number of carbonyl (C=O) groups excluding carboxylic acids is 1. The number of rotatable bonds is 4. The monoisotopic (exact) mass is 306 g/mol. The fraction of sp³-hybridized carbons (Fsp3) is 0.625. The summed E-state index contributed by atoms with van der Waals surface area (Å²) in [5, 5.41) is 7.67. The van der Waals surface area contributed by atoms with Crippen molar-refractivity contribution in [3.8, 4) is 0 Å². The first-order valence-electron chi connectivity index (χ1n) is 7.74. The molecule has 1 aromatic rings. The third-order valence-electron chi connectivity index (χ3n) is 3.58. The first-order chi connectivity index (χ1) is 10.4. The second kappa shape index (κ2) is 6.96. The highest BCUT2D eigenvalue weighted by molar-refractivity contribution is 5.68. The summed E-state index contributed by atoms with van der Waals surface area (Å²) in [5.74, 6) is 0. The third-order valence-corrected chi connectivity index (χ3v) is 3.58. The molecule has 1 amide bonds. The summed E-state index contributed by atoms with van der Waals surface area (Å²) >= 11 is 0. The van der Waals surface area contributed by atoms with Gasteiger partial charge in [0.2, 0.25) is 0 Å². The van der Waals surface area contributed by atoms with E-state index in [-0.39, 0.29) is 6.09 Å². The van der Waals surface area contributed by atoms with Gasteiger partial charge in [0.25, 0.3) is 0 Å². The van der Waals surface area contributed by atoms with E-state index in [9.17, 15) is 4.79 Å². The Morgan fingerprint density at radius 1 is 1.50 bits per heavy atom. The maximum absolute atomic E-state index is 12.0. The van der Waals surface area contributed by atoms with Crippen LogP contribution in [0.15, 0.2) is 19.0 Å². The second-order valence-electron chi connectivity index (χ2n) is 6.63. The molecule has 2 heterocycles. The molecular weight excluding hydrogens is 280 g/mol. The molecule has 22 heavy (non-hydrogen) atoms. The number of hydrogen-bond donors (Lipinski definition) is 1. The Balaban J connectivity index is 1.73. The minimum absolute atomic E-state index is 0.210. The van der Waals surface area contributed by atoms with E-state index in [4.69, 9.17) is 4.74 Å². The van der Waals surface area contributed by atoms with Crippen molar-refractivity contribution in [2.24, 2.45) is 0 Å². The topological polar surface area (TPSA) is 59.4 Å². The minimum Gasteiger partial charge on any atom is -0.444 e. The number of hydrogen-bond acceptors (Lipinski definition) is 4. The van der Waals surface area contributed by atoms with E-state index in [2.05, 4.69) is 17.0 Å². The Kier molecular flexibility index (Phi) is 5.24. The standard InChI is InChI=1S/C16H26N4O2/c1-5-20-12-13(11-18-20)10-17-14-6-8-19(9-7-14)15(21)22-16(2,3)4/h5,11-12,14,17H,1,6-10H2,2-4H3. The van der Waals surface area contributed by atoms with E-state index in [0.29, 0.717) is 6.04 Å². The summed E-state index contributed by atoms with van der Waals surface area (Å²) in [6.45, 7) is 11.6. The fourth-order valence-electron chi connectivity index (χ4n) is 2.42. The van der Waals surface area contributed by atoms with Crippen molar-refractivity contribution in [2.75, 3.05) is 13.1 Å². The smallest absolute Gasteiger partial charge is 0.410 e. The van der Waals surface area contributed by atoms with Gasteiger partial charge in [-0.1, -0.05) is 6.58 Å². The van der Waals surface area contributed by atoms with E-state index >= 15 is 0 Å². The van der Waals surface area contributed by atoms with Crippen LogP contribution in [0, 0.1) is 0 Å². The minimum atomic E-state index is -0.433. The van der Waals surface area contributed by atoms with Gasteiger partial charge in [0.1, 0.15) is 5.60 Å². The Hall–Kier alpha value is -1.82. The summed E-state index contributed by atoms with van der Waals surface area (Å²) in [7, 11) is 0. The van der Waals surface area contributed by atoms with Crippen LogP contribution in [0.25, 0.3) is 6.20 Å². The van der Waals surface area contributed by atoms with Gasteiger partial charge in [-0.2, -0.15) is 5.10 Å². The lowest BCUT2D eigenvalue weighted by atomic mass is 10.1. The normalized spacial score (nSPS) is 16.6. The van der Waals surface area contributed by atoms with Crippen LogP contribution in [0.4, 0.5) is 4.79 Å². The quantitative estimate of drug-likeness (QED) is 0.928. The molecule has 0 bridgehead atoms. The maximum Gasteiger partial charge on any atom is 0.410 e. The van der Waals surface area contributed by atoms with E-state index in [0.717, 1.165) is 38.0 Å². The Labute approximate surface area is 132 Å². The van der Waals surface area contributed by atoms with Crippen molar-refractivity contribution < 1.29 is 9.53 Å². The molecule has 0 radical (unpaired) electrons. The molecule has 122 valence electrons. The molecule has 1 aliphatic heterocycles. The predicted octanol–water partition coefficient (Wildman–Crippen LogP) is 2.47. The van der Waals surface area contributed by atoms with Crippen LogP contribution in [-0.4, -0.2) is 45.5 Å². The number of ether oxygens (including phenoxy) is 1. The zero-order chi connectivity index (χ0) is 16.2. The van der Waals surface area contributed by atoms with Crippen molar-refractivity contribution >= 4 is 12.3 Å². The zero-order valence-electron chi connectivity index (χ0n) is 13.7. The van der Waals surface area contributed by atoms with Gasteiger partial charge < -0.3 is 15.0 Å². The molecular formula is C16H26N4O2. The highest BCUT2D eigenvalue weighted by Crippen LogP contribution is 2.15. The van der Waals surface area contributed by atoms with E-state index in [1.807, 2.05) is 33.2 Å². The van der Waals surface area contributed by atoms with Gasteiger partial charge in [0, 0.05) is 43.6 Å². The number of piperidine rings is 1. The first kappa shape index (κ1) is 16.5. The first-order valence-corrected chi connectivity index (χ1v) is 7.74. The third kappa shape index (κ3) is 4.87. The van der Waals surface area contributed by atoms with E-state index < -0.39 is 5.60 Å². The van der Waals surface area contributed by atoms with Crippen molar-refractivity contribution in [1.82, 2.24) is 20.0 Å². The molecule has 0 aromatic carbocycles. The second-order valence-corrected chi connectivity index (χ2v) is 6.63. The van der Waals surface area contributed by atoms with Crippen molar-refractivity contribution in [1.29, 1.82) is 0 Å². The molecule has 1 aromatic heterocycles. The Bertz CT molecular complexity index is 510. The van der Waals surface area contributed by atoms with Gasteiger partial charge in [-0.3, -0.25) is 0 Å².